The van der Waals surface area contributed by atoms with Crippen molar-refractivity contribution in [3.05, 3.63) is 0 Å². The van der Waals surface area contributed by atoms with Gasteiger partial charge < -0.3 is 45.4 Å². The molecule has 0 unspecified atom stereocenters. The fourth-order valence-corrected chi connectivity index (χ4v) is 5.79. The summed E-state index contributed by atoms with van der Waals surface area (Å²) >= 11 is 0. The van der Waals surface area contributed by atoms with E-state index in [-0.39, 0.29) is 63.0 Å². The van der Waals surface area contributed by atoms with Gasteiger partial charge in [-0.15, -0.1) is 0 Å². The second-order valence-electron chi connectivity index (χ2n) is 12.7. The Bertz CT molecular complexity index is 1000. The maximum absolute atomic E-state index is 12.8. The molecule has 0 radical (unpaired) electrons. The van der Waals surface area contributed by atoms with E-state index in [1.807, 2.05) is 27.7 Å². The van der Waals surface area contributed by atoms with Crippen molar-refractivity contribution in [2.75, 3.05) is 78.5 Å². The zero-order chi connectivity index (χ0) is 33.7. The van der Waals surface area contributed by atoms with Crippen LogP contribution in [0, 0.1) is 0 Å². The van der Waals surface area contributed by atoms with E-state index in [4.69, 9.17) is 9.84 Å². The Hall–Kier alpha value is -3.38. The van der Waals surface area contributed by atoms with Crippen LogP contribution >= 0.6 is 0 Å². The van der Waals surface area contributed by atoms with Crippen molar-refractivity contribution >= 4 is 35.8 Å². The number of hydrogen-bond acceptors (Lipinski definition) is 11. The SMILES string of the molecule is CC1(C)CC(OC(=O)CN(CCN(CC[N+](CCNCC(=O)O)(CC(=O)O)CC(=O)O)CC(=O)O)CC(=O)O)CC(C)(C)N1. The van der Waals surface area contributed by atoms with Crippen molar-refractivity contribution in [3.63, 3.8) is 0 Å². The average molecular weight is 635 g/mol. The minimum atomic E-state index is -1.29. The summed E-state index contributed by atoms with van der Waals surface area (Å²) in [7, 11) is 0. The molecular formula is C27H48N5O12+. The largest absolute Gasteiger partial charge is 0.480 e. The number of piperidine rings is 1. The van der Waals surface area contributed by atoms with Crippen LogP contribution < -0.4 is 10.6 Å². The minimum absolute atomic E-state index is 0.00822. The summed E-state index contributed by atoms with van der Waals surface area (Å²) in [5.41, 5.74) is -0.571. The molecule has 1 aliphatic rings. The number of hydrogen-bond donors (Lipinski definition) is 7. The van der Waals surface area contributed by atoms with Crippen molar-refractivity contribution in [3.8, 4) is 0 Å². The monoisotopic (exact) mass is 634 g/mol. The van der Waals surface area contributed by atoms with Crippen LogP contribution in [-0.4, -0.2) is 171 Å². The summed E-state index contributed by atoms with van der Waals surface area (Å²) < 4.78 is 5.20. The van der Waals surface area contributed by atoms with Gasteiger partial charge in [0.15, 0.2) is 13.1 Å². The molecule has 0 aromatic rings. The smallest absolute Gasteiger partial charge is 0.359 e. The number of rotatable bonds is 22. The van der Waals surface area contributed by atoms with Crippen LogP contribution in [0.3, 0.4) is 0 Å². The molecule has 252 valence electrons. The van der Waals surface area contributed by atoms with E-state index in [2.05, 4.69) is 10.6 Å². The first-order chi connectivity index (χ1) is 20.2. The molecule has 1 fully saturated rings. The average Bonchev–Trinajstić information content (AvgIpc) is 2.79. The van der Waals surface area contributed by atoms with E-state index in [0.29, 0.717) is 12.8 Å². The lowest BCUT2D eigenvalue weighted by molar-refractivity contribution is -0.912. The second-order valence-corrected chi connectivity index (χ2v) is 12.7. The summed E-state index contributed by atoms with van der Waals surface area (Å²) in [6.07, 6.45) is 0.737. The number of carboxylic acid groups (broad SMARTS) is 5. The number of aliphatic carboxylic acids is 5. The van der Waals surface area contributed by atoms with Crippen molar-refractivity contribution in [2.24, 2.45) is 0 Å². The molecule has 0 aliphatic carbocycles. The van der Waals surface area contributed by atoms with E-state index in [0.717, 1.165) is 0 Å². The third kappa shape index (κ3) is 16.5. The van der Waals surface area contributed by atoms with Crippen LogP contribution in [0.5, 0.6) is 0 Å². The number of carbonyl (C=O) groups excluding carboxylic acids is 1. The maximum atomic E-state index is 12.8. The zero-order valence-electron chi connectivity index (χ0n) is 25.9. The van der Waals surface area contributed by atoms with Crippen LogP contribution in [0.1, 0.15) is 40.5 Å². The van der Waals surface area contributed by atoms with Gasteiger partial charge in [0.25, 0.3) is 0 Å². The maximum Gasteiger partial charge on any atom is 0.359 e. The standard InChI is InChI=1S/C27H47N5O12/c1-26(2)11-19(12-27(3,4)29-26)44-25(43)16-31(15-22(37)38)7-6-30(14-21(35)36)8-10-32(17-23(39)40,18-24(41)42)9-5-28-13-20(33)34/h19,28-29H,5-18H2,1-4H3,(H4-,33,34,35,36,37,38,39,40,41,42)/p+1. The molecule has 0 aromatic carbocycles. The highest BCUT2D eigenvalue weighted by Gasteiger charge is 2.39. The Labute approximate surface area is 256 Å². The molecule has 1 aliphatic heterocycles. The van der Waals surface area contributed by atoms with Gasteiger partial charge in [-0.2, -0.15) is 0 Å². The molecule has 17 nitrogen and oxygen atoms in total. The normalized spacial score (nSPS) is 16.5. The number of carboxylic acids is 5. The number of nitrogens with one attached hydrogen (secondary N) is 2. The van der Waals surface area contributed by atoms with E-state index in [1.165, 1.54) is 9.80 Å². The van der Waals surface area contributed by atoms with Crippen molar-refractivity contribution in [2.45, 2.75) is 57.7 Å². The first kappa shape index (κ1) is 38.6. The summed E-state index contributed by atoms with van der Waals surface area (Å²) in [6.45, 7) is 4.63. The molecule has 44 heavy (non-hydrogen) atoms. The van der Waals surface area contributed by atoms with E-state index in [9.17, 15) is 49.2 Å². The van der Waals surface area contributed by atoms with Crippen molar-refractivity contribution < 1.29 is 63.5 Å². The fraction of sp³-hybridized carbons (Fsp3) is 0.778. The first-order valence-corrected chi connectivity index (χ1v) is 14.3. The molecule has 0 aromatic heterocycles. The number of nitrogens with zero attached hydrogens (tertiary/aromatic N) is 3. The van der Waals surface area contributed by atoms with Crippen LogP contribution in [-0.2, 0) is 33.5 Å². The molecule has 0 amide bonds. The highest BCUT2D eigenvalue weighted by atomic mass is 16.5. The van der Waals surface area contributed by atoms with Crippen molar-refractivity contribution in [1.82, 2.24) is 20.4 Å². The van der Waals surface area contributed by atoms with Crippen LogP contribution in [0.15, 0.2) is 0 Å². The van der Waals surface area contributed by atoms with Gasteiger partial charge in [-0.1, -0.05) is 0 Å². The van der Waals surface area contributed by atoms with Crippen molar-refractivity contribution in [1.29, 1.82) is 0 Å². The third-order valence-electron chi connectivity index (χ3n) is 7.12. The predicted octanol–water partition coefficient (Wildman–Crippen LogP) is -1.73. The summed E-state index contributed by atoms with van der Waals surface area (Å²) in [5, 5.41) is 52.8. The molecule has 1 heterocycles. The molecule has 1 rings (SSSR count). The van der Waals surface area contributed by atoms with Crippen LogP contribution in [0.4, 0.5) is 0 Å². The molecule has 1 saturated heterocycles. The molecular weight excluding hydrogens is 586 g/mol. The molecule has 0 spiro atoms. The van der Waals surface area contributed by atoms with Crippen LogP contribution in [0.25, 0.3) is 0 Å². The molecule has 17 heteroatoms. The van der Waals surface area contributed by atoms with E-state index < -0.39 is 73.0 Å². The molecule has 0 bridgehead atoms. The molecule has 0 saturated carbocycles. The van der Waals surface area contributed by atoms with Gasteiger partial charge >= 0.3 is 35.8 Å². The highest BCUT2D eigenvalue weighted by molar-refractivity contribution is 5.74. The Kier molecular flexibility index (Phi) is 15.1. The first-order valence-electron chi connectivity index (χ1n) is 14.3. The Morgan fingerprint density at radius 3 is 1.70 bits per heavy atom. The lowest BCUT2D eigenvalue weighted by Crippen LogP contribution is -2.60. The minimum Gasteiger partial charge on any atom is -0.480 e. The van der Waals surface area contributed by atoms with Gasteiger partial charge in [-0.05, 0) is 27.7 Å². The number of quaternary nitrogens is 1. The number of carbonyl (C=O) groups is 6. The summed E-state index contributed by atoms with van der Waals surface area (Å²) in [5.74, 6) is -6.78. The predicted molar refractivity (Wildman–Crippen MR) is 154 cm³/mol. The Balaban J connectivity index is 2.99. The molecule has 0 atom stereocenters. The van der Waals surface area contributed by atoms with Crippen LogP contribution in [0.2, 0.25) is 0 Å². The summed E-state index contributed by atoms with van der Waals surface area (Å²) in [6, 6.07) is 0. The van der Waals surface area contributed by atoms with Gasteiger partial charge in [0, 0.05) is 50.1 Å². The van der Waals surface area contributed by atoms with Gasteiger partial charge in [0.1, 0.15) is 6.10 Å². The number of ether oxygens (including phenoxy) is 1. The lowest BCUT2D eigenvalue weighted by atomic mass is 9.81. The highest BCUT2D eigenvalue weighted by Crippen LogP contribution is 2.30. The second kappa shape index (κ2) is 17.2. The third-order valence-corrected chi connectivity index (χ3v) is 7.12. The van der Waals surface area contributed by atoms with Gasteiger partial charge in [0.2, 0.25) is 0 Å². The fourth-order valence-electron chi connectivity index (χ4n) is 5.79. The van der Waals surface area contributed by atoms with E-state index in [1.54, 1.807) is 0 Å². The summed E-state index contributed by atoms with van der Waals surface area (Å²) in [4.78, 5) is 72.8. The zero-order valence-corrected chi connectivity index (χ0v) is 25.9. The van der Waals surface area contributed by atoms with Gasteiger partial charge in [-0.3, -0.25) is 29.0 Å². The van der Waals surface area contributed by atoms with E-state index >= 15 is 0 Å². The lowest BCUT2D eigenvalue weighted by Gasteiger charge is -2.46. The Morgan fingerprint density at radius 1 is 0.727 bits per heavy atom. The molecule has 7 N–H and O–H groups in total. The topological polar surface area (TPSA) is 243 Å². The van der Waals surface area contributed by atoms with Gasteiger partial charge in [-0.25, -0.2) is 9.59 Å². The number of esters is 1. The quantitative estimate of drug-likeness (QED) is 0.0397. The Morgan fingerprint density at radius 2 is 1.23 bits per heavy atom. The van der Waals surface area contributed by atoms with Gasteiger partial charge in [0.05, 0.1) is 39.3 Å².